The van der Waals surface area contributed by atoms with Crippen molar-refractivity contribution in [3.8, 4) is 11.8 Å². The van der Waals surface area contributed by atoms with Gasteiger partial charge < -0.3 is 14.8 Å². The Bertz CT molecular complexity index is 868. The summed E-state index contributed by atoms with van der Waals surface area (Å²) in [5, 5.41) is 5.76. The number of ether oxygens (including phenoxy) is 2. The summed E-state index contributed by atoms with van der Waals surface area (Å²) >= 11 is 7.00. The van der Waals surface area contributed by atoms with E-state index in [9.17, 15) is 0 Å². The molecule has 3 aromatic rings. The highest BCUT2D eigenvalue weighted by Gasteiger charge is 2.11. The number of hydrogen-bond donors (Lipinski definition) is 1. The van der Waals surface area contributed by atoms with E-state index in [1.54, 1.807) is 6.20 Å². The van der Waals surface area contributed by atoms with Crippen LogP contribution in [0.25, 0.3) is 0 Å². The minimum atomic E-state index is 0.00501. The van der Waals surface area contributed by atoms with Crippen molar-refractivity contribution in [2.75, 3.05) is 11.9 Å². The van der Waals surface area contributed by atoms with Crippen LogP contribution in [0.1, 0.15) is 25.0 Å². The molecule has 0 aliphatic carbocycles. The first kappa shape index (κ1) is 19.3. The Balaban J connectivity index is 1.72. The standard InChI is InChI=1S/C20H21N3O2S2/c1-14(2)25-18-13-16(19(26)23-20-21-9-11-27-20)12-17(22-18)24-10-8-15-6-4-3-5-7-15/h3-7,9,11-14H,8,10H2,1-2H3,(H,21,23,26). The summed E-state index contributed by atoms with van der Waals surface area (Å²) in [5.74, 6) is 0.975. The monoisotopic (exact) mass is 399 g/mol. The van der Waals surface area contributed by atoms with Crippen LogP contribution < -0.4 is 14.8 Å². The Morgan fingerprint density at radius 1 is 1.19 bits per heavy atom. The van der Waals surface area contributed by atoms with E-state index in [2.05, 4.69) is 27.4 Å². The van der Waals surface area contributed by atoms with Crippen molar-refractivity contribution in [1.29, 1.82) is 0 Å². The fraction of sp³-hybridized carbons (Fsp3) is 0.250. The third-order valence-corrected chi connectivity index (χ3v) is 4.56. The number of nitrogens with one attached hydrogen (secondary N) is 1. The molecule has 2 aromatic heterocycles. The van der Waals surface area contributed by atoms with Crippen molar-refractivity contribution >= 4 is 33.7 Å². The van der Waals surface area contributed by atoms with Crippen LogP contribution in [-0.2, 0) is 6.42 Å². The third-order valence-electron chi connectivity index (χ3n) is 3.53. The van der Waals surface area contributed by atoms with Crippen LogP contribution in [-0.4, -0.2) is 27.7 Å². The number of rotatable bonds is 8. The lowest BCUT2D eigenvalue weighted by atomic mass is 10.2. The number of pyridine rings is 1. The van der Waals surface area contributed by atoms with Crippen LogP contribution in [0.15, 0.2) is 54.0 Å². The van der Waals surface area contributed by atoms with E-state index in [0.717, 1.165) is 17.1 Å². The molecule has 0 radical (unpaired) electrons. The average Bonchev–Trinajstić information content (AvgIpc) is 3.15. The van der Waals surface area contributed by atoms with Gasteiger partial charge >= 0.3 is 0 Å². The van der Waals surface area contributed by atoms with Crippen LogP contribution in [0.5, 0.6) is 11.8 Å². The zero-order chi connectivity index (χ0) is 19.1. The molecule has 5 nitrogen and oxygen atoms in total. The predicted octanol–water partition coefficient (Wildman–Crippen LogP) is 4.73. The van der Waals surface area contributed by atoms with E-state index in [4.69, 9.17) is 21.7 Å². The molecule has 0 spiro atoms. The maximum Gasteiger partial charge on any atom is 0.217 e. The second kappa shape index (κ2) is 9.43. The van der Waals surface area contributed by atoms with Crippen LogP contribution in [0.3, 0.4) is 0 Å². The summed E-state index contributed by atoms with van der Waals surface area (Å²) in [6.07, 6.45) is 2.54. The zero-order valence-corrected chi connectivity index (χ0v) is 16.8. The minimum Gasteiger partial charge on any atom is -0.477 e. The van der Waals surface area contributed by atoms with E-state index >= 15 is 0 Å². The summed E-state index contributed by atoms with van der Waals surface area (Å²) in [5.41, 5.74) is 1.99. The zero-order valence-electron chi connectivity index (χ0n) is 15.2. The number of thiazole rings is 1. The van der Waals surface area contributed by atoms with Crippen LogP contribution >= 0.6 is 23.6 Å². The summed E-state index contributed by atoms with van der Waals surface area (Å²) in [6.45, 7) is 4.43. The number of benzene rings is 1. The van der Waals surface area contributed by atoms with Gasteiger partial charge in [-0.25, -0.2) is 4.98 Å². The van der Waals surface area contributed by atoms with Gasteiger partial charge in [-0.15, -0.1) is 11.3 Å². The van der Waals surface area contributed by atoms with Crippen molar-refractivity contribution in [1.82, 2.24) is 9.97 Å². The predicted molar refractivity (Wildman–Crippen MR) is 113 cm³/mol. The molecular weight excluding hydrogens is 378 g/mol. The highest BCUT2D eigenvalue weighted by Crippen LogP contribution is 2.21. The maximum atomic E-state index is 5.87. The van der Waals surface area contributed by atoms with Crippen molar-refractivity contribution in [3.63, 3.8) is 0 Å². The molecule has 2 heterocycles. The normalized spacial score (nSPS) is 10.6. The van der Waals surface area contributed by atoms with Crippen LogP contribution in [0.4, 0.5) is 5.13 Å². The third kappa shape index (κ3) is 6.01. The Hall–Kier alpha value is -2.51. The molecule has 0 fully saturated rings. The van der Waals surface area contributed by atoms with Gasteiger partial charge in [0.1, 0.15) is 4.99 Å². The Morgan fingerprint density at radius 2 is 1.96 bits per heavy atom. The van der Waals surface area contributed by atoms with Gasteiger partial charge in [-0.3, -0.25) is 0 Å². The van der Waals surface area contributed by atoms with E-state index in [-0.39, 0.29) is 6.10 Å². The summed E-state index contributed by atoms with van der Waals surface area (Å²) in [7, 11) is 0. The minimum absolute atomic E-state index is 0.00501. The van der Waals surface area contributed by atoms with Gasteiger partial charge in [0.15, 0.2) is 5.13 Å². The van der Waals surface area contributed by atoms with Gasteiger partial charge in [0.2, 0.25) is 11.8 Å². The van der Waals surface area contributed by atoms with E-state index in [1.807, 2.05) is 49.6 Å². The number of aromatic nitrogens is 2. The molecule has 0 bridgehead atoms. The second-order valence-electron chi connectivity index (χ2n) is 6.07. The molecule has 140 valence electrons. The second-order valence-corrected chi connectivity index (χ2v) is 7.38. The van der Waals surface area contributed by atoms with Gasteiger partial charge in [-0.1, -0.05) is 42.5 Å². The first-order chi connectivity index (χ1) is 13.1. The fourth-order valence-corrected chi connectivity index (χ4v) is 3.17. The number of nitrogens with zero attached hydrogens (tertiary/aromatic N) is 2. The first-order valence-electron chi connectivity index (χ1n) is 8.66. The van der Waals surface area contributed by atoms with E-state index < -0.39 is 0 Å². The van der Waals surface area contributed by atoms with Gasteiger partial charge in [0.25, 0.3) is 0 Å². The first-order valence-corrected chi connectivity index (χ1v) is 9.95. The molecule has 0 saturated carbocycles. The SMILES string of the molecule is CC(C)Oc1cc(C(=S)Nc2nccs2)cc(OCCc2ccccc2)n1. The molecule has 7 heteroatoms. The molecule has 0 amide bonds. The lowest BCUT2D eigenvalue weighted by Crippen LogP contribution is -2.13. The summed E-state index contributed by atoms with van der Waals surface area (Å²) < 4.78 is 11.6. The molecular formula is C20H21N3O2S2. The van der Waals surface area contributed by atoms with Crippen molar-refractivity contribution in [2.45, 2.75) is 26.4 Å². The number of thiocarbonyl (C=S) groups is 1. The smallest absolute Gasteiger partial charge is 0.217 e. The molecule has 1 N–H and O–H groups in total. The Morgan fingerprint density at radius 3 is 2.67 bits per heavy atom. The van der Waals surface area contributed by atoms with E-state index in [1.165, 1.54) is 16.9 Å². The van der Waals surface area contributed by atoms with Gasteiger partial charge in [-0.2, -0.15) is 4.98 Å². The molecule has 27 heavy (non-hydrogen) atoms. The summed E-state index contributed by atoms with van der Waals surface area (Å²) in [6, 6.07) is 13.8. The van der Waals surface area contributed by atoms with Gasteiger partial charge in [-0.05, 0) is 19.4 Å². The number of anilines is 1. The number of hydrogen-bond acceptors (Lipinski definition) is 6. The molecule has 0 aliphatic heterocycles. The molecule has 0 atom stereocenters. The lowest BCUT2D eigenvalue weighted by Gasteiger charge is -2.14. The average molecular weight is 400 g/mol. The molecule has 3 rings (SSSR count). The maximum absolute atomic E-state index is 5.87. The van der Waals surface area contributed by atoms with Crippen LogP contribution in [0, 0.1) is 0 Å². The van der Waals surface area contributed by atoms with Gasteiger partial charge in [0.05, 0.1) is 12.7 Å². The highest BCUT2D eigenvalue weighted by atomic mass is 32.1. The molecule has 1 aromatic carbocycles. The van der Waals surface area contributed by atoms with Crippen molar-refractivity contribution in [3.05, 3.63) is 65.2 Å². The van der Waals surface area contributed by atoms with Crippen molar-refractivity contribution in [2.24, 2.45) is 0 Å². The fourth-order valence-electron chi connectivity index (χ4n) is 2.36. The quantitative estimate of drug-likeness (QED) is 0.553. The van der Waals surface area contributed by atoms with Crippen LogP contribution in [0.2, 0.25) is 0 Å². The topological polar surface area (TPSA) is 56.3 Å². The molecule has 0 aliphatic rings. The molecule has 0 unspecified atom stereocenters. The van der Waals surface area contributed by atoms with Gasteiger partial charge in [0, 0.05) is 35.7 Å². The lowest BCUT2D eigenvalue weighted by molar-refractivity contribution is 0.226. The largest absolute Gasteiger partial charge is 0.477 e. The highest BCUT2D eigenvalue weighted by molar-refractivity contribution is 7.81. The Kier molecular flexibility index (Phi) is 6.73. The Labute approximate surface area is 168 Å². The van der Waals surface area contributed by atoms with Crippen molar-refractivity contribution < 1.29 is 9.47 Å². The molecule has 0 saturated heterocycles. The summed E-state index contributed by atoms with van der Waals surface area (Å²) in [4.78, 5) is 9.19. The van der Waals surface area contributed by atoms with E-state index in [0.29, 0.717) is 23.4 Å².